The van der Waals surface area contributed by atoms with Gasteiger partial charge in [-0.25, -0.2) is 0 Å². The topological polar surface area (TPSA) is 46.1 Å². The first-order valence-corrected chi connectivity index (χ1v) is 7.34. The van der Waals surface area contributed by atoms with Crippen molar-refractivity contribution in [3.05, 3.63) is 46.0 Å². The molecular formula is C13H15N3OSe. The Bertz CT molecular complexity index is 538. The maximum absolute atomic E-state index is 12.3. The molecule has 0 aliphatic rings. The van der Waals surface area contributed by atoms with E-state index in [4.69, 9.17) is 0 Å². The Morgan fingerprint density at radius 1 is 1.33 bits per heavy atom. The standard InChI is InChI=1S/C13H15N3OSe/c1-9-12(18-15-14-9)13(17)16(3)10(2)11-7-5-4-6-8-11/h4-8,10H,1-3H3/t10-/m0/s1. The van der Waals surface area contributed by atoms with Crippen LogP contribution in [0.2, 0.25) is 0 Å². The van der Waals surface area contributed by atoms with Gasteiger partial charge in [0.05, 0.1) is 0 Å². The summed E-state index contributed by atoms with van der Waals surface area (Å²) in [5.41, 5.74) is 1.89. The third kappa shape index (κ3) is 2.52. The molecule has 0 aliphatic heterocycles. The van der Waals surface area contributed by atoms with Gasteiger partial charge in [-0.05, 0) is 0 Å². The molecule has 0 unspecified atom stereocenters. The van der Waals surface area contributed by atoms with Crippen molar-refractivity contribution in [1.82, 2.24) is 14.1 Å². The van der Waals surface area contributed by atoms with Crippen LogP contribution in [0.1, 0.15) is 33.5 Å². The summed E-state index contributed by atoms with van der Waals surface area (Å²) in [6.45, 7) is 3.87. The average Bonchev–Trinajstić information content (AvgIpc) is 2.83. The number of benzene rings is 1. The van der Waals surface area contributed by atoms with Gasteiger partial charge < -0.3 is 0 Å². The van der Waals surface area contributed by atoms with E-state index in [1.54, 1.807) is 4.90 Å². The number of carbonyl (C=O) groups excluding carboxylic acids is 1. The molecule has 5 heteroatoms. The van der Waals surface area contributed by atoms with Gasteiger partial charge in [0.2, 0.25) is 0 Å². The minimum atomic E-state index is -0.161. The molecule has 0 aliphatic carbocycles. The zero-order chi connectivity index (χ0) is 13.1. The minimum absolute atomic E-state index is 0.0360. The summed E-state index contributed by atoms with van der Waals surface area (Å²) < 4.78 is 4.70. The average molecular weight is 308 g/mol. The van der Waals surface area contributed by atoms with E-state index in [0.29, 0.717) is 0 Å². The van der Waals surface area contributed by atoms with Crippen molar-refractivity contribution in [1.29, 1.82) is 0 Å². The first-order chi connectivity index (χ1) is 8.61. The van der Waals surface area contributed by atoms with Crippen molar-refractivity contribution in [2.45, 2.75) is 19.9 Å². The molecule has 0 fully saturated rings. The normalized spacial score (nSPS) is 12.2. The molecule has 1 heterocycles. The molecule has 1 aromatic heterocycles. The van der Waals surface area contributed by atoms with Crippen LogP contribution in [-0.4, -0.2) is 41.8 Å². The second-order valence-electron chi connectivity index (χ2n) is 4.19. The zero-order valence-corrected chi connectivity index (χ0v) is 12.3. The molecule has 0 spiro atoms. The van der Waals surface area contributed by atoms with Gasteiger partial charge in [-0.1, -0.05) is 0 Å². The predicted molar refractivity (Wildman–Crippen MR) is 70.7 cm³/mol. The number of hydrogen-bond donors (Lipinski definition) is 0. The van der Waals surface area contributed by atoms with Crippen LogP contribution in [-0.2, 0) is 0 Å². The number of hydrogen-bond acceptors (Lipinski definition) is 3. The summed E-state index contributed by atoms with van der Waals surface area (Å²) in [5.74, 6) is 0.0360. The first kappa shape index (κ1) is 13.0. The van der Waals surface area contributed by atoms with E-state index in [0.717, 1.165) is 15.7 Å². The molecule has 0 bridgehead atoms. The predicted octanol–water partition coefficient (Wildman–Crippen LogP) is 1.68. The van der Waals surface area contributed by atoms with Gasteiger partial charge in [-0.2, -0.15) is 0 Å². The Morgan fingerprint density at radius 2 is 2.00 bits per heavy atom. The van der Waals surface area contributed by atoms with Crippen LogP contribution in [0.25, 0.3) is 0 Å². The Kier molecular flexibility index (Phi) is 3.94. The molecule has 94 valence electrons. The Morgan fingerprint density at radius 3 is 2.56 bits per heavy atom. The monoisotopic (exact) mass is 309 g/mol. The maximum atomic E-state index is 12.3. The van der Waals surface area contributed by atoms with Gasteiger partial charge in [0.15, 0.2) is 0 Å². The van der Waals surface area contributed by atoms with Gasteiger partial charge >= 0.3 is 112 Å². The van der Waals surface area contributed by atoms with E-state index in [-0.39, 0.29) is 26.7 Å². The van der Waals surface area contributed by atoms with Gasteiger partial charge in [0.25, 0.3) is 0 Å². The van der Waals surface area contributed by atoms with Crippen LogP contribution < -0.4 is 0 Å². The molecule has 2 rings (SSSR count). The third-order valence-electron chi connectivity index (χ3n) is 3.03. The van der Waals surface area contributed by atoms with Gasteiger partial charge in [0, 0.05) is 0 Å². The van der Waals surface area contributed by atoms with Crippen LogP contribution in [0.4, 0.5) is 0 Å². The molecule has 1 amide bonds. The summed E-state index contributed by atoms with van der Waals surface area (Å²) >= 11 is -0.161. The number of aromatic nitrogens is 2. The van der Waals surface area contributed by atoms with Gasteiger partial charge in [-0.15, -0.1) is 0 Å². The van der Waals surface area contributed by atoms with Gasteiger partial charge in [0.1, 0.15) is 0 Å². The second kappa shape index (κ2) is 5.46. The summed E-state index contributed by atoms with van der Waals surface area (Å²) in [7, 11) is 1.83. The van der Waals surface area contributed by atoms with Crippen molar-refractivity contribution in [3.63, 3.8) is 0 Å². The van der Waals surface area contributed by atoms with Crippen molar-refractivity contribution >= 4 is 20.6 Å². The van der Waals surface area contributed by atoms with E-state index >= 15 is 0 Å². The van der Waals surface area contributed by atoms with Crippen molar-refractivity contribution in [2.75, 3.05) is 7.05 Å². The van der Waals surface area contributed by atoms with E-state index < -0.39 is 0 Å². The number of rotatable bonds is 3. The summed E-state index contributed by atoms with van der Waals surface area (Å²) in [4.78, 5) is 14.1. The summed E-state index contributed by atoms with van der Waals surface area (Å²) in [6, 6.07) is 10.1. The van der Waals surface area contributed by atoms with E-state index in [9.17, 15) is 4.79 Å². The number of nitrogens with zero attached hydrogens (tertiary/aromatic N) is 3. The molecule has 0 saturated heterocycles. The fourth-order valence-corrected chi connectivity index (χ4v) is 3.06. The molecule has 2 aromatic rings. The number of carbonyl (C=O) groups is 1. The van der Waals surface area contributed by atoms with Crippen LogP contribution in [0.3, 0.4) is 0 Å². The second-order valence-corrected chi connectivity index (χ2v) is 5.77. The van der Waals surface area contributed by atoms with Crippen LogP contribution in [0, 0.1) is 6.92 Å². The molecule has 4 nitrogen and oxygen atoms in total. The van der Waals surface area contributed by atoms with E-state index in [1.165, 1.54) is 0 Å². The molecule has 1 aromatic carbocycles. The Hall–Kier alpha value is -1.45. The molecule has 1 atom stereocenters. The Labute approximate surface area is 113 Å². The van der Waals surface area contributed by atoms with E-state index in [2.05, 4.69) is 9.19 Å². The van der Waals surface area contributed by atoms with Crippen molar-refractivity contribution in [2.24, 2.45) is 0 Å². The van der Waals surface area contributed by atoms with Crippen molar-refractivity contribution in [3.8, 4) is 0 Å². The molecular weight excluding hydrogens is 293 g/mol. The SMILES string of the molecule is Cc1nn[se]c1C(=O)N(C)[C@@H](C)c1ccccc1. The molecule has 0 N–H and O–H groups in total. The first-order valence-electron chi connectivity index (χ1n) is 5.72. The molecule has 0 radical (unpaired) electrons. The van der Waals surface area contributed by atoms with Crippen molar-refractivity contribution < 1.29 is 4.79 Å². The van der Waals surface area contributed by atoms with Crippen LogP contribution in [0.15, 0.2) is 30.3 Å². The number of aryl methyl sites for hydroxylation is 1. The van der Waals surface area contributed by atoms with Crippen LogP contribution in [0.5, 0.6) is 0 Å². The Balaban J connectivity index is 2.20. The quantitative estimate of drug-likeness (QED) is 0.811. The summed E-state index contributed by atoms with van der Waals surface area (Å²) in [5, 5.41) is 3.94. The van der Waals surface area contributed by atoms with E-state index in [1.807, 2.05) is 51.2 Å². The van der Waals surface area contributed by atoms with Crippen LogP contribution >= 0.6 is 0 Å². The molecule has 0 saturated carbocycles. The molecule has 18 heavy (non-hydrogen) atoms. The summed E-state index contributed by atoms with van der Waals surface area (Å²) in [6.07, 6.45) is 0. The fraction of sp³-hybridized carbons (Fsp3) is 0.308. The zero-order valence-electron chi connectivity index (χ0n) is 10.6. The number of amides is 1. The third-order valence-corrected chi connectivity index (χ3v) is 4.74. The fourth-order valence-electron chi connectivity index (χ4n) is 1.72. The van der Waals surface area contributed by atoms with Gasteiger partial charge in [-0.3, -0.25) is 0 Å².